The Balaban J connectivity index is 0.767. The standard InChI is InChI=1S/C85H97N15O17P2S/c1-54(2)100(55(3)4)118(111-41-17-38-86)116-68-45-73(98-52-91-75-77(89-51-90-78(75)98)94-80(102)57-28-26-56(27-29-57)47-88-83(104)108-43-44-120-8)115-71(68)50-113-119(112-42-18-39-87)117-69-46-74(114-70(69)49-110-85(58-19-10-9-11-20-58,59-30-34-61(106-6)35-31-59)60-32-36-62(107-7)37-33-60)99-53-92-76-79(99)95-82(96-81(76)103)93-72(101)25-16-40-97(5)84(105)109-48-67-65-23-14-12-21-63(65)64-22-13-15-24-66(64)67/h9-15,19-24,26-37,51-55,67-71,73-74,77H,16-18,25,40-50H2,1-8H3,(H,88,104)(H,89,90)(H,94,102)(H2,93,95,96,101,103). The van der Waals surface area contributed by atoms with Crippen molar-refractivity contribution in [1.82, 2.24) is 54.6 Å². The van der Waals surface area contributed by atoms with Gasteiger partial charge in [0.2, 0.25) is 11.9 Å². The zero-order valence-corrected chi connectivity index (χ0v) is 70.4. The molecule has 13 rings (SSSR count). The van der Waals surface area contributed by atoms with Gasteiger partial charge in [-0.2, -0.15) is 27.3 Å². The fourth-order valence-electron chi connectivity index (χ4n) is 14.8. The van der Waals surface area contributed by atoms with Crippen LogP contribution in [0.15, 0.2) is 174 Å². The lowest BCUT2D eigenvalue weighted by Crippen LogP contribution is -2.39. The molecule has 120 heavy (non-hydrogen) atoms. The van der Waals surface area contributed by atoms with Crippen molar-refractivity contribution in [2.24, 2.45) is 4.99 Å². The minimum atomic E-state index is -2.48. The molecule has 0 radical (unpaired) electrons. The van der Waals surface area contributed by atoms with E-state index >= 15 is 0 Å². The Kier molecular flexibility index (Phi) is 30.1. The number of nitrogens with zero attached hydrogens (tertiary/aromatic N) is 10. The summed E-state index contributed by atoms with van der Waals surface area (Å²) in [5.74, 6) is 1.10. The second-order valence-corrected chi connectivity index (χ2v) is 32.7. The number of alkyl carbamates (subject to hydrolysis) is 1. The van der Waals surface area contributed by atoms with Crippen LogP contribution in [0, 0.1) is 22.7 Å². The number of benzene rings is 6. The van der Waals surface area contributed by atoms with E-state index in [-0.39, 0.29) is 126 Å². The molecule has 6 aromatic carbocycles. The van der Waals surface area contributed by atoms with Crippen LogP contribution in [0.25, 0.3) is 22.3 Å². The van der Waals surface area contributed by atoms with Crippen LogP contribution in [0.2, 0.25) is 0 Å². The first kappa shape index (κ1) is 87.1. The first-order valence-corrected chi connectivity index (χ1v) is 43.1. The van der Waals surface area contributed by atoms with Gasteiger partial charge in [-0.1, -0.05) is 115 Å². The lowest BCUT2D eigenvalue weighted by atomic mass is 9.80. The van der Waals surface area contributed by atoms with E-state index in [1.165, 1.54) is 17.6 Å². The highest BCUT2D eigenvalue weighted by molar-refractivity contribution is 7.98. The van der Waals surface area contributed by atoms with E-state index in [0.717, 1.165) is 44.5 Å². The van der Waals surface area contributed by atoms with Crippen molar-refractivity contribution < 1.29 is 75.0 Å². The van der Waals surface area contributed by atoms with E-state index in [4.69, 9.17) is 70.7 Å². The number of amides is 4. The molecule has 630 valence electrons. The van der Waals surface area contributed by atoms with Gasteiger partial charge in [-0.15, -0.1) is 0 Å². The van der Waals surface area contributed by atoms with Crippen molar-refractivity contribution in [3.05, 3.63) is 219 Å². The smallest absolute Gasteiger partial charge is 0.409 e. The van der Waals surface area contributed by atoms with Crippen molar-refractivity contribution >= 4 is 82.2 Å². The van der Waals surface area contributed by atoms with Gasteiger partial charge < -0.3 is 76.6 Å². The maximum Gasteiger partial charge on any atom is 0.409 e. The normalized spacial score (nSPS) is 18.4. The van der Waals surface area contributed by atoms with E-state index in [0.29, 0.717) is 34.3 Å². The van der Waals surface area contributed by atoms with Gasteiger partial charge in [0, 0.05) is 68.7 Å². The highest BCUT2D eigenvalue weighted by Crippen LogP contribution is 2.53. The fraction of sp³-hybridized carbons (Fsp3) is 0.400. The number of ether oxygens (including phenoxy) is 7. The van der Waals surface area contributed by atoms with Gasteiger partial charge in [0.25, 0.3) is 20.0 Å². The molecule has 2 saturated heterocycles. The molecule has 2 fully saturated rings. The zero-order valence-electron chi connectivity index (χ0n) is 67.8. The Hall–Kier alpha value is -10.7. The number of carbonyl (C=O) groups is 4. The highest BCUT2D eigenvalue weighted by Gasteiger charge is 2.47. The number of aromatic nitrogens is 6. The SMILES string of the molecule is COc1ccc(C(OCC2OC(n3cnc4c(=O)[nH]c(NC(=O)CCCN(C)C(=O)OCC5c6ccccc6-c6ccccc65)nc43)CC2OP(OCCC#N)OCC2OC(n3cnc4c3N=CNC4NC(=O)c3ccc(CNC(=O)OCCSC)cc3)CC2OP(OCCC#N)N(C(C)C)C(C)C)(c2ccccc2)c2ccc(OC)cc2)cc1. The third kappa shape index (κ3) is 20.8. The van der Waals surface area contributed by atoms with E-state index < -0.39 is 95.3 Å². The molecule has 9 unspecified atom stereocenters. The van der Waals surface area contributed by atoms with Gasteiger partial charge in [-0.3, -0.25) is 33.8 Å². The van der Waals surface area contributed by atoms with Crippen molar-refractivity contribution in [3.63, 3.8) is 0 Å². The van der Waals surface area contributed by atoms with Crippen LogP contribution < -0.4 is 36.3 Å². The number of rotatable bonds is 40. The number of hydrogen-bond acceptors (Lipinski definition) is 26. The van der Waals surface area contributed by atoms with Crippen LogP contribution in [-0.4, -0.2) is 185 Å². The summed E-state index contributed by atoms with van der Waals surface area (Å²) in [5, 5.41) is 31.4. The minimum Gasteiger partial charge on any atom is -0.497 e. The van der Waals surface area contributed by atoms with E-state index in [2.05, 4.69) is 72.3 Å². The highest BCUT2D eigenvalue weighted by atomic mass is 32.2. The van der Waals surface area contributed by atoms with Crippen LogP contribution >= 0.6 is 28.9 Å². The lowest BCUT2D eigenvalue weighted by molar-refractivity contribution is -0.116. The number of fused-ring (bicyclic) bond motifs is 5. The molecule has 9 atom stereocenters. The summed E-state index contributed by atoms with van der Waals surface area (Å²) in [5.41, 5.74) is 6.12. The molecule has 9 aromatic rings. The summed E-state index contributed by atoms with van der Waals surface area (Å²) >= 11 is 1.57. The monoisotopic (exact) mass is 1690 g/mol. The number of anilines is 1. The van der Waals surface area contributed by atoms with E-state index in [9.17, 15) is 34.5 Å². The molecule has 35 heteroatoms. The Bertz CT molecular complexity index is 5050. The van der Waals surface area contributed by atoms with Crippen molar-refractivity contribution in [3.8, 4) is 34.8 Å². The number of nitrogens with one attached hydrogen (secondary N) is 5. The van der Waals surface area contributed by atoms with Crippen LogP contribution in [0.1, 0.15) is 140 Å². The third-order valence-electron chi connectivity index (χ3n) is 20.7. The molecule has 1 aliphatic carbocycles. The van der Waals surface area contributed by atoms with Crippen LogP contribution in [0.5, 0.6) is 11.5 Å². The second kappa shape index (κ2) is 41.5. The summed E-state index contributed by atoms with van der Waals surface area (Å²) in [7, 11) is 0.446. The van der Waals surface area contributed by atoms with Gasteiger partial charge in [-0.25, -0.2) is 29.2 Å². The quantitative estimate of drug-likeness (QED) is 0.0135. The number of nitriles is 2. The number of hydrogen-bond donors (Lipinski definition) is 5. The zero-order chi connectivity index (χ0) is 84.2. The largest absolute Gasteiger partial charge is 0.497 e. The number of aliphatic imine (C=N–C) groups is 1. The molecule has 0 saturated carbocycles. The first-order chi connectivity index (χ1) is 58.4. The maximum absolute atomic E-state index is 14.1. The summed E-state index contributed by atoms with van der Waals surface area (Å²) in [6.45, 7) is 8.49. The Morgan fingerprint density at radius 1 is 0.708 bits per heavy atom. The molecule has 4 aliphatic rings. The van der Waals surface area contributed by atoms with Gasteiger partial charge in [0.15, 0.2) is 17.0 Å². The van der Waals surface area contributed by atoms with Crippen molar-refractivity contribution in [2.75, 3.05) is 84.8 Å². The second-order valence-electron chi connectivity index (χ2n) is 29.1. The number of methoxy groups -OCH3 is 2. The summed E-state index contributed by atoms with van der Waals surface area (Å²) < 4.78 is 83.6. The molecule has 6 heterocycles. The van der Waals surface area contributed by atoms with Crippen LogP contribution in [0.4, 0.5) is 21.4 Å². The first-order valence-electron chi connectivity index (χ1n) is 39.5. The number of H-pyrrole nitrogens is 1. The Morgan fingerprint density at radius 3 is 1.96 bits per heavy atom. The lowest BCUT2D eigenvalue weighted by Gasteiger charge is -2.37. The van der Waals surface area contributed by atoms with Crippen molar-refractivity contribution in [2.45, 2.75) is 139 Å². The summed E-state index contributed by atoms with van der Waals surface area (Å²) in [6.07, 6.45) is -0.503. The number of imidazole rings is 2. The van der Waals surface area contributed by atoms with Gasteiger partial charge in [0.1, 0.15) is 66.8 Å². The molecular formula is C85H97N15O17P2S. The molecule has 0 spiro atoms. The molecule has 32 nitrogen and oxygen atoms in total. The molecule has 3 aliphatic heterocycles. The third-order valence-corrected chi connectivity index (χ3v) is 24.6. The number of aromatic amines is 1. The van der Waals surface area contributed by atoms with Gasteiger partial charge >= 0.3 is 20.8 Å². The molecular weight excluding hydrogens is 1600 g/mol. The average Bonchev–Trinajstić information content (AvgIpc) is 1.58. The summed E-state index contributed by atoms with van der Waals surface area (Å²) in [4.78, 5) is 90.3. The predicted octanol–water partition coefficient (Wildman–Crippen LogP) is 13.7. The molecule has 5 N–H and O–H groups in total. The maximum atomic E-state index is 14.1. The molecule has 0 bridgehead atoms. The average molecular weight is 1690 g/mol. The van der Waals surface area contributed by atoms with Gasteiger partial charge in [0.05, 0.1) is 96.8 Å². The Labute approximate surface area is 701 Å². The number of carbonyl (C=O) groups excluding carboxylic acids is 4. The minimum absolute atomic E-state index is 0.0309. The molecule has 3 aromatic heterocycles. The van der Waals surface area contributed by atoms with Gasteiger partial charge in [-0.05, 0) is 121 Å². The molecule has 4 amide bonds. The fourth-order valence-corrected chi connectivity index (χ4v) is 18.0. The van der Waals surface area contributed by atoms with Crippen LogP contribution in [0.3, 0.4) is 0 Å². The number of thioether (sulfide) groups is 1. The van der Waals surface area contributed by atoms with E-state index in [1.54, 1.807) is 72.8 Å². The van der Waals surface area contributed by atoms with Crippen molar-refractivity contribution in [1.29, 1.82) is 10.5 Å². The summed E-state index contributed by atoms with van der Waals surface area (Å²) in [6, 6.07) is 52.0. The van der Waals surface area contributed by atoms with E-state index in [1.807, 2.05) is 137 Å². The predicted molar refractivity (Wildman–Crippen MR) is 450 cm³/mol. The van der Waals surface area contributed by atoms with Crippen LogP contribution in [-0.2, 0) is 63.2 Å². The Morgan fingerprint density at radius 2 is 1.32 bits per heavy atom. The topological polar surface area (TPSA) is 375 Å².